The molecule has 1 amide bonds. The minimum Gasteiger partial charge on any atom is -0.493 e. The standard InChI is InChI=1S/C18H29N3O4.2ClH/c1-6-20-9-11-21(12-10-20)13-14-7-8-15(23-4)17(24-5)16(14)25-18(22)19(2)3;;/h7-8H,6,9-13H2,1-5H3;2*1H. The first-order valence-corrected chi connectivity index (χ1v) is 8.57. The van der Waals surface area contributed by atoms with Crippen LogP contribution >= 0.6 is 24.8 Å². The van der Waals surface area contributed by atoms with Crippen molar-refractivity contribution in [2.45, 2.75) is 13.5 Å². The Kier molecular flexibility index (Phi) is 11.5. The van der Waals surface area contributed by atoms with Crippen molar-refractivity contribution in [3.8, 4) is 17.2 Å². The van der Waals surface area contributed by atoms with E-state index in [-0.39, 0.29) is 24.8 Å². The SMILES string of the molecule is CCN1CCN(Cc2ccc(OC)c(OC)c2OC(=O)N(C)C)CC1.Cl.Cl. The van der Waals surface area contributed by atoms with Gasteiger partial charge in [0, 0.05) is 52.4 Å². The van der Waals surface area contributed by atoms with E-state index in [1.54, 1.807) is 28.3 Å². The lowest BCUT2D eigenvalue weighted by molar-refractivity contribution is 0.130. The van der Waals surface area contributed by atoms with Crippen LogP contribution in [0.3, 0.4) is 0 Å². The average molecular weight is 424 g/mol. The Morgan fingerprint density at radius 1 is 1.00 bits per heavy atom. The van der Waals surface area contributed by atoms with E-state index in [9.17, 15) is 4.79 Å². The van der Waals surface area contributed by atoms with Crippen LogP contribution in [0.1, 0.15) is 12.5 Å². The topological polar surface area (TPSA) is 54.5 Å². The largest absolute Gasteiger partial charge is 0.493 e. The molecule has 27 heavy (non-hydrogen) atoms. The van der Waals surface area contributed by atoms with E-state index < -0.39 is 6.09 Å². The van der Waals surface area contributed by atoms with Gasteiger partial charge < -0.3 is 24.0 Å². The molecule has 0 radical (unpaired) electrons. The van der Waals surface area contributed by atoms with Gasteiger partial charge in [0.2, 0.25) is 5.75 Å². The fraction of sp³-hybridized carbons (Fsp3) is 0.611. The fourth-order valence-electron chi connectivity index (χ4n) is 2.86. The first-order valence-electron chi connectivity index (χ1n) is 8.57. The van der Waals surface area contributed by atoms with Crippen LogP contribution in [-0.2, 0) is 6.54 Å². The zero-order valence-electron chi connectivity index (χ0n) is 16.7. The van der Waals surface area contributed by atoms with Gasteiger partial charge in [-0.25, -0.2) is 4.79 Å². The molecule has 0 saturated carbocycles. The third-order valence-electron chi connectivity index (χ3n) is 4.44. The molecule has 0 unspecified atom stereocenters. The molecule has 1 aliphatic rings. The fourth-order valence-corrected chi connectivity index (χ4v) is 2.86. The summed E-state index contributed by atoms with van der Waals surface area (Å²) in [5.74, 6) is 1.42. The number of piperazine rings is 1. The number of ether oxygens (including phenoxy) is 3. The van der Waals surface area contributed by atoms with Crippen molar-refractivity contribution in [2.75, 3.05) is 61.0 Å². The van der Waals surface area contributed by atoms with Gasteiger partial charge in [-0.15, -0.1) is 24.8 Å². The van der Waals surface area contributed by atoms with Crippen LogP contribution in [0.4, 0.5) is 4.79 Å². The van der Waals surface area contributed by atoms with Gasteiger partial charge in [-0.1, -0.05) is 13.0 Å². The van der Waals surface area contributed by atoms with E-state index in [1.165, 1.54) is 4.90 Å². The molecule has 0 aromatic heterocycles. The predicted molar refractivity (Wildman–Crippen MR) is 111 cm³/mol. The summed E-state index contributed by atoms with van der Waals surface area (Å²) in [5, 5.41) is 0. The molecule has 0 spiro atoms. The van der Waals surface area contributed by atoms with Gasteiger partial charge in [0.15, 0.2) is 11.5 Å². The Morgan fingerprint density at radius 3 is 2.07 bits per heavy atom. The molecule has 156 valence electrons. The molecular weight excluding hydrogens is 393 g/mol. The number of carbonyl (C=O) groups excluding carboxylic acids is 1. The van der Waals surface area contributed by atoms with Crippen LogP contribution in [0.15, 0.2) is 12.1 Å². The lowest BCUT2D eigenvalue weighted by Gasteiger charge is -2.34. The molecule has 0 aliphatic carbocycles. The summed E-state index contributed by atoms with van der Waals surface area (Å²) in [4.78, 5) is 18.3. The molecule has 0 bridgehead atoms. The van der Waals surface area contributed by atoms with E-state index >= 15 is 0 Å². The molecule has 2 rings (SSSR count). The van der Waals surface area contributed by atoms with Gasteiger partial charge in [-0.3, -0.25) is 4.90 Å². The summed E-state index contributed by atoms with van der Waals surface area (Å²) in [6.07, 6.45) is -0.441. The third-order valence-corrected chi connectivity index (χ3v) is 4.44. The van der Waals surface area contributed by atoms with E-state index in [2.05, 4.69) is 16.7 Å². The Balaban J connectivity index is 0.00000338. The van der Waals surface area contributed by atoms with Crippen LogP contribution in [0, 0.1) is 0 Å². The predicted octanol–water partition coefficient (Wildman–Crippen LogP) is 2.75. The second kappa shape index (κ2) is 12.1. The summed E-state index contributed by atoms with van der Waals surface area (Å²) < 4.78 is 16.4. The van der Waals surface area contributed by atoms with Crippen molar-refractivity contribution in [2.24, 2.45) is 0 Å². The lowest BCUT2D eigenvalue weighted by Crippen LogP contribution is -2.45. The molecule has 1 saturated heterocycles. The molecule has 1 aliphatic heterocycles. The van der Waals surface area contributed by atoms with Crippen molar-refractivity contribution < 1.29 is 19.0 Å². The summed E-state index contributed by atoms with van der Waals surface area (Å²) in [5.41, 5.74) is 0.915. The normalized spacial score (nSPS) is 14.6. The van der Waals surface area contributed by atoms with E-state index in [0.29, 0.717) is 23.8 Å². The molecule has 1 heterocycles. The van der Waals surface area contributed by atoms with Crippen LogP contribution in [0.5, 0.6) is 17.2 Å². The second-order valence-corrected chi connectivity index (χ2v) is 6.26. The number of halogens is 2. The van der Waals surface area contributed by atoms with Gasteiger partial charge in [-0.05, 0) is 12.6 Å². The molecule has 0 atom stereocenters. The van der Waals surface area contributed by atoms with E-state index in [0.717, 1.165) is 38.3 Å². The number of hydrogen-bond donors (Lipinski definition) is 0. The van der Waals surface area contributed by atoms with Gasteiger partial charge >= 0.3 is 6.09 Å². The summed E-state index contributed by atoms with van der Waals surface area (Å²) in [6.45, 7) is 8.05. The number of benzene rings is 1. The highest BCUT2D eigenvalue weighted by molar-refractivity contribution is 5.85. The van der Waals surface area contributed by atoms with Crippen LogP contribution < -0.4 is 14.2 Å². The zero-order chi connectivity index (χ0) is 18.4. The molecule has 1 fully saturated rings. The van der Waals surface area contributed by atoms with Crippen molar-refractivity contribution in [1.29, 1.82) is 0 Å². The highest BCUT2D eigenvalue weighted by Gasteiger charge is 2.23. The Morgan fingerprint density at radius 2 is 1.59 bits per heavy atom. The van der Waals surface area contributed by atoms with Crippen molar-refractivity contribution in [3.05, 3.63) is 17.7 Å². The van der Waals surface area contributed by atoms with Crippen molar-refractivity contribution >= 4 is 30.9 Å². The highest BCUT2D eigenvalue weighted by atomic mass is 35.5. The summed E-state index contributed by atoms with van der Waals surface area (Å²) in [7, 11) is 6.42. The monoisotopic (exact) mass is 423 g/mol. The molecule has 7 nitrogen and oxygen atoms in total. The number of amides is 1. The zero-order valence-corrected chi connectivity index (χ0v) is 18.3. The Bertz CT molecular complexity index is 594. The minimum atomic E-state index is -0.441. The van der Waals surface area contributed by atoms with Crippen LogP contribution in [-0.4, -0.2) is 81.8 Å². The minimum absolute atomic E-state index is 0. The molecule has 0 N–H and O–H groups in total. The van der Waals surface area contributed by atoms with E-state index in [4.69, 9.17) is 14.2 Å². The maximum absolute atomic E-state index is 12.1. The molecule has 9 heteroatoms. The number of carbonyl (C=O) groups is 1. The number of hydrogen-bond acceptors (Lipinski definition) is 6. The van der Waals surface area contributed by atoms with Crippen LogP contribution in [0.25, 0.3) is 0 Å². The molecular formula is C18H31Cl2N3O4. The quantitative estimate of drug-likeness (QED) is 0.700. The highest BCUT2D eigenvalue weighted by Crippen LogP contribution is 2.40. The van der Waals surface area contributed by atoms with Gasteiger partial charge in [0.25, 0.3) is 0 Å². The van der Waals surface area contributed by atoms with Crippen molar-refractivity contribution in [1.82, 2.24) is 14.7 Å². The maximum atomic E-state index is 12.1. The first-order chi connectivity index (χ1) is 12.0. The van der Waals surface area contributed by atoms with Gasteiger partial charge in [-0.2, -0.15) is 0 Å². The number of nitrogens with zero attached hydrogens (tertiary/aromatic N) is 3. The lowest BCUT2D eigenvalue weighted by atomic mass is 10.1. The maximum Gasteiger partial charge on any atom is 0.414 e. The van der Waals surface area contributed by atoms with Gasteiger partial charge in [0.05, 0.1) is 14.2 Å². The molecule has 1 aromatic rings. The third kappa shape index (κ3) is 6.60. The second-order valence-electron chi connectivity index (χ2n) is 6.26. The smallest absolute Gasteiger partial charge is 0.414 e. The van der Waals surface area contributed by atoms with E-state index in [1.807, 2.05) is 12.1 Å². The summed E-state index contributed by atoms with van der Waals surface area (Å²) in [6, 6.07) is 3.79. The Labute approximate surface area is 174 Å². The number of rotatable bonds is 6. The van der Waals surface area contributed by atoms with Crippen molar-refractivity contribution in [3.63, 3.8) is 0 Å². The Hall–Kier alpha value is -1.41. The molecule has 1 aromatic carbocycles. The van der Waals surface area contributed by atoms with Gasteiger partial charge in [0.1, 0.15) is 0 Å². The van der Waals surface area contributed by atoms with Crippen LogP contribution in [0.2, 0.25) is 0 Å². The first kappa shape index (κ1) is 25.6. The average Bonchev–Trinajstić information content (AvgIpc) is 2.63. The number of methoxy groups -OCH3 is 2. The number of likely N-dealkylation sites (N-methyl/N-ethyl adjacent to an activating group) is 1. The summed E-state index contributed by atoms with van der Waals surface area (Å²) >= 11 is 0.